The predicted molar refractivity (Wildman–Crippen MR) is 76.6 cm³/mol. The molecule has 1 rings (SSSR count). The Hall–Kier alpha value is -0.890. The van der Waals surface area contributed by atoms with Gasteiger partial charge in [-0.15, -0.1) is 0 Å². The maximum absolute atomic E-state index is 11.2. The largest absolute Gasteiger partial charge is 1.00 e. The molecular formula is C15H25IN2O3. The van der Waals surface area contributed by atoms with Gasteiger partial charge < -0.3 is 33.6 Å². The van der Waals surface area contributed by atoms with Crippen LogP contribution in [0.25, 0.3) is 0 Å². The molecule has 5 nitrogen and oxygen atoms in total. The van der Waals surface area contributed by atoms with Gasteiger partial charge in [-0.2, -0.15) is 0 Å². The van der Waals surface area contributed by atoms with Gasteiger partial charge in [0.1, 0.15) is 6.20 Å². The summed E-state index contributed by atoms with van der Waals surface area (Å²) >= 11 is 0. The topological polar surface area (TPSA) is 51.0 Å². The molecule has 0 aliphatic carbocycles. The number of ether oxygens (including phenoxy) is 1. The molecule has 1 unspecified atom stereocenters. The van der Waals surface area contributed by atoms with Crippen molar-refractivity contribution in [1.29, 1.82) is 0 Å². The first-order valence-corrected chi connectivity index (χ1v) is 7.25. The van der Waals surface area contributed by atoms with Gasteiger partial charge in [-0.3, -0.25) is 0 Å². The predicted octanol–water partition coefficient (Wildman–Crippen LogP) is -2.15. The number of halogens is 1. The fourth-order valence-electron chi connectivity index (χ4n) is 2.03. The van der Waals surface area contributed by atoms with Crippen LogP contribution >= 0.6 is 0 Å². The average Bonchev–Trinajstić information content (AvgIpc) is 2.87. The van der Waals surface area contributed by atoms with Crippen molar-refractivity contribution in [3.8, 4) is 0 Å². The molecule has 0 aromatic carbocycles. The molecule has 0 radical (unpaired) electrons. The van der Waals surface area contributed by atoms with E-state index in [0.29, 0.717) is 6.61 Å². The Bertz CT molecular complexity index is 383. The van der Waals surface area contributed by atoms with E-state index in [1.54, 1.807) is 13.8 Å². The number of nitrogens with zero attached hydrogens (tertiary/aromatic N) is 1. The summed E-state index contributed by atoms with van der Waals surface area (Å²) in [4.78, 5) is 25.3. The number of quaternary nitrogens is 1. The number of allylic oxidation sites excluding steroid dienone is 1. The first-order chi connectivity index (χ1) is 9.63. The summed E-state index contributed by atoms with van der Waals surface area (Å²) in [6.07, 6.45) is 11.5. The van der Waals surface area contributed by atoms with Crippen LogP contribution in [0.5, 0.6) is 0 Å². The first-order valence-electron chi connectivity index (χ1n) is 7.25. The molecule has 1 aliphatic rings. The Morgan fingerprint density at radius 3 is 2.71 bits per heavy atom. The van der Waals surface area contributed by atoms with E-state index in [1.165, 1.54) is 6.08 Å². The molecule has 1 amide bonds. The van der Waals surface area contributed by atoms with E-state index in [1.807, 2.05) is 18.5 Å². The number of rotatable bonds is 8. The smallest absolute Gasteiger partial charge is 0.330 e. The van der Waals surface area contributed by atoms with Crippen LogP contribution in [0, 0.1) is 0 Å². The zero-order valence-corrected chi connectivity index (χ0v) is 15.0. The van der Waals surface area contributed by atoms with E-state index in [4.69, 9.17) is 4.74 Å². The lowest BCUT2D eigenvalue weighted by Gasteiger charge is -2.14. The van der Waals surface area contributed by atoms with Crippen LogP contribution in [0.15, 0.2) is 24.6 Å². The zero-order valence-electron chi connectivity index (χ0n) is 12.8. The Balaban J connectivity index is 0.00000400. The number of hydrogen-bond donors (Lipinski definition) is 1. The number of nitrogens with one attached hydrogen (secondary N) is 1. The number of unbranched alkanes of at least 4 members (excludes halogenated alkanes) is 3. The van der Waals surface area contributed by atoms with Crippen molar-refractivity contribution in [2.24, 2.45) is 0 Å². The summed E-state index contributed by atoms with van der Waals surface area (Å²) in [7, 11) is 0. The molecule has 1 N–H and O–H groups in total. The van der Waals surface area contributed by atoms with Crippen LogP contribution < -0.4 is 28.9 Å². The van der Waals surface area contributed by atoms with Crippen molar-refractivity contribution in [3.63, 3.8) is 0 Å². The number of carbonyl (C=O) groups excluding carboxylic acids is 2. The van der Waals surface area contributed by atoms with Crippen LogP contribution in [0.2, 0.25) is 0 Å². The molecule has 120 valence electrons. The second-order valence-electron chi connectivity index (χ2n) is 4.87. The number of carbonyl (C=O) groups is 2. The quantitative estimate of drug-likeness (QED) is 0.215. The van der Waals surface area contributed by atoms with Crippen molar-refractivity contribution in [3.05, 3.63) is 24.6 Å². The second-order valence-corrected chi connectivity index (χ2v) is 4.87. The average molecular weight is 408 g/mol. The fraction of sp³-hybridized carbons (Fsp3) is 0.600. The summed E-state index contributed by atoms with van der Waals surface area (Å²) in [5.41, 5.74) is 0. The highest BCUT2D eigenvalue weighted by Crippen LogP contribution is 2.03. The van der Waals surface area contributed by atoms with Gasteiger partial charge in [0.25, 0.3) is 0 Å². The van der Waals surface area contributed by atoms with Gasteiger partial charge >= 0.3 is 11.9 Å². The van der Waals surface area contributed by atoms with Crippen LogP contribution in [0.4, 0.5) is 0 Å². The number of amides is 1. The molecule has 21 heavy (non-hydrogen) atoms. The normalized spacial score (nSPS) is 17.0. The third-order valence-corrected chi connectivity index (χ3v) is 3.17. The summed E-state index contributed by atoms with van der Waals surface area (Å²) in [5, 5.41) is 0. The Kier molecular flexibility index (Phi) is 11.2. The minimum absolute atomic E-state index is 0. The maximum atomic E-state index is 11.2. The van der Waals surface area contributed by atoms with E-state index in [0.717, 1.165) is 43.8 Å². The highest BCUT2D eigenvalue weighted by atomic mass is 127. The number of hydrogen-bond acceptors (Lipinski definition) is 4. The maximum Gasteiger partial charge on any atom is 0.330 e. The van der Waals surface area contributed by atoms with Gasteiger partial charge in [0.05, 0.1) is 19.7 Å². The molecule has 1 aliphatic heterocycles. The lowest BCUT2D eigenvalue weighted by Crippen LogP contribution is -3.09. The molecule has 0 saturated carbocycles. The van der Waals surface area contributed by atoms with Crippen LogP contribution in [0.3, 0.4) is 0 Å². The van der Waals surface area contributed by atoms with Crippen LogP contribution in [0.1, 0.15) is 39.5 Å². The minimum atomic E-state index is -0.262. The van der Waals surface area contributed by atoms with Gasteiger partial charge in [-0.05, 0) is 26.2 Å². The lowest BCUT2D eigenvalue weighted by atomic mass is 10.2. The molecular weight excluding hydrogens is 383 g/mol. The van der Waals surface area contributed by atoms with E-state index < -0.39 is 0 Å². The van der Waals surface area contributed by atoms with Crippen molar-refractivity contribution >= 4 is 11.9 Å². The molecule has 0 saturated heterocycles. The summed E-state index contributed by atoms with van der Waals surface area (Å²) in [5.74, 6) is -0.102. The van der Waals surface area contributed by atoms with Gasteiger partial charge in [-0.25, -0.2) is 14.5 Å². The van der Waals surface area contributed by atoms with Crippen molar-refractivity contribution in [1.82, 2.24) is 4.90 Å². The molecule has 1 atom stereocenters. The molecule has 0 spiro atoms. The summed E-state index contributed by atoms with van der Waals surface area (Å²) in [6.45, 7) is 5.56. The Morgan fingerprint density at radius 2 is 2.10 bits per heavy atom. The lowest BCUT2D eigenvalue weighted by molar-refractivity contribution is -0.765. The molecule has 6 heteroatoms. The summed E-state index contributed by atoms with van der Waals surface area (Å²) < 4.78 is 4.80. The van der Waals surface area contributed by atoms with Crippen molar-refractivity contribution in [2.75, 3.05) is 19.8 Å². The standard InChI is InChI=1S/C15H24N2O3.HI/c1-3-20-15(19)9-7-5-4-6-8-10-16-11-12-17(13-16)14(2)18;/h7,9,11-12H,3-6,8,10,13H2,1-2H3;1H. The van der Waals surface area contributed by atoms with E-state index in [2.05, 4.69) is 4.90 Å². The minimum Gasteiger partial charge on any atom is -1.00 e. The molecule has 0 bridgehead atoms. The second kappa shape index (κ2) is 11.7. The van der Waals surface area contributed by atoms with E-state index >= 15 is 0 Å². The van der Waals surface area contributed by atoms with Crippen molar-refractivity contribution in [2.45, 2.75) is 39.5 Å². The monoisotopic (exact) mass is 408 g/mol. The van der Waals surface area contributed by atoms with Gasteiger partial charge in [0, 0.05) is 12.6 Å². The SMILES string of the molecule is CCOC(=O)C=CCCCCCN1C=C[NH+](C(C)=O)C1.[I-]. The van der Waals surface area contributed by atoms with Gasteiger partial charge in [0.2, 0.25) is 0 Å². The summed E-state index contributed by atoms with van der Waals surface area (Å²) in [6, 6.07) is 0. The third kappa shape index (κ3) is 8.87. The Morgan fingerprint density at radius 1 is 1.33 bits per heavy atom. The molecule has 0 aromatic rings. The fourth-order valence-corrected chi connectivity index (χ4v) is 2.03. The highest BCUT2D eigenvalue weighted by molar-refractivity contribution is 5.81. The van der Waals surface area contributed by atoms with E-state index in [-0.39, 0.29) is 35.9 Å². The van der Waals surface area contributed by atoms with Gasteiger partial charge in [0.15, 0.2) is 6.67 Å². The van der Waals surface area contributed by atoms with Crippen LogP contribution in [-0.4, -0.2) is 36.6 Å². The van der Waals surface area contributed by atoms with Crippen LogP contribution in [-0.2, 0) is 14.3 Å². The zero-order chi connectivity index (χ0) is 14.8. The van der Waals surface area contributed by atoms with E-state index in [9.17, 15) is 9.59 Å². The molecule has 0 aromatic heterocycles. The van der Waals surface area contributed by atoms with Gasteiger partial charge in [-0.1, -0.05) is 12.5 Å². The Labute approximate surface area is 144 Å². The third-order valence-electron chi connectivity index (χ3n) is 3.17. The van der Waals surface area contributed by atoms with Crippen molar-refractivity contribution < 1.29 is 43.2 Å². The number of esters is 1. The first kappa shape index (κ1) is 20.1. The molecule has 0 fully saturated rings. The highest BCUT2D eigenvalue weighted by Gasteiger charge is 2.19. The molecule has 1 heterocycles.